The summed E-state index contributed by atoms with van der Waals surface area (Å²) in [5.74, 6) is -0.510. The van der Waals surface area contributed by atoms with Crippen LogP contribution in [-0.2, 0) is 4.79 Å². The van der Waals surface area contributed by atoms with Crippen molar-refractivity contribution in [3.63, 3.8) is 0 Å². The van der Waals surface area contributed by atoms with Gasteiger partial charge in [-0.2, -0.15) is 0 Å². The molecular formula is C13H25NO3. The summed E-state index contributed by atoms with van der Waals surface area (Å²) in [6.45, 7) is 5.91. The maximum absolute atomic E-state index is 10.9. The lowest BCUT2D eigenvalue weighted by molar-refractivity contribution is -0.142. The van der Waals surface area contributed by atoms with Crippen molar-refractivity contribution in [3.8, 4) is 0 Å². The van der Waals surface area contributed by atoms with E-state index in [9.17, 15) is 9.90 Å². The zero-order valence-electron chi connectivity index (χ0n) is 11.1. The molecule has 17 heavy (non-hydrogen) atoms. The molecule has 4 heteroatoms. The average Bonchev–Trinajstić information content (AvgIpc) is 2.31. The van der Waals surface area contributed by atoms with Crippen molar-refractivity contribution >= 4 is 5.97 Å². The van der Waals surface area contributed by atoms with Crippen molar-refractivity contribution in [2.24, 2.45) is 11.8 Å². The average molecular weight is 243 g/mol. The van der Waals surface area contributed by atoms with E-state index in [0.29, 0.717) is 5.92 Å². The molecule has 1 aliphatic rings. The van der Waals surface area contributed by atoms with Crippen molar-refractivity contribution in [3.05, 3.63) is 0 Å². The third kappa shape index (κ3) is 3.68. The Morgan fingerprint density at radius 3 is 2.35 bits per heavy atom. The second-order valence-electron chi connectivity index (χ2n) is 5.68. The van der Waals surface area contributed by atoms with Gasteiger partial charge in [0.2, 0.25) is 0 Å². The Morgan fingerprint density at radius 2 is 1.94 bits per heavy atom. The molecule has 0 aromatic carbocycles. The predicted molar refractivity (Wildman–Crippen MR) is 66.8 cm³/mol. The van der Waals surface area contributed by atoms with Crippen LogP contribution in [0.1, 0.15) is 46.5 Å². The summed E-state index contributed by atoms with van der Waals surface area (Å²) >= 11 is 0. The van der Waals surface area contributed by atoms with Gasteiger partial charge >= 0.3 is 5.97 Å². The van der Waals surface area contributed by atoms with E-state index in [1.165, 1.54) is 0 Å². The van der Waals surface area contributed by atoms with Crippen LogP contribution in [0, 0.1) is 11.8 Å². The van der Waals surface area contributed by atoms with Crippen LogP contribution in [0.3, 0.4) is 0 Å². The number of hydrogen-bond acceptors (Lipinski definition) is 3. The maximum Gasteiger partial charge on any atom is 0.307 e. The molecule has 0 aliphatic heterocycles. The molecule has 1 fully saturated rings. The number of nitrogens with one attached hydrogen (secondary N) is 1. The Kier molecular flexibility index (Phi) is 4.95. The highest BCUT2D eigenvalue weighted by Crippen LogP contribution is 2.32. The van der Waals surface area contributed by atoms with Crippen LogP contribution in [0.15, 0.2) is 0 Å². The number of aliphatic carboxylic acids is 1. The van der Waals surface area contributed by atoms with Gasteiger partial charge in [-0.05, 0) is 38.5 Å². The van der Waals surface area contributed by atoms with Crippen molar-refractivity contribution in [1.29, 1.82) is 0 Å². The van der Waals surface area contributed by atoms with Gasteiger partial charge < -0.3 is 15.5 Å². The second kappa shape index (κ2) is 5.83. The normalized spacial score (nSPS) is 33.1. The molecule has 0 radical (unpaired) electrons. The van der Waals surface area contributed by atoms with Crippen LogP contribution in [0.2, 0.25) is 0 Å². The van der Waals surface area contributed by atoms with E-state index < -0.39 is 11.9 Å². The summed E-state index contributed by atoms with van der Waals surface area (Å²) in [5.41, 5.74) is -0.268. The van der Waals surface area contributed by atoms with Crippen molar-refractivity contribution in [2.75, 3.05) is 6.61 Å². The predicted octanol–water partition coefficient (Wildman–Crippen LogP) is 1.63. The summed E-state index contributed by atoms with van der Waals surface area (Å²) in [7, 11) is 0. The van der Waals surface area contributed by atoms with Crippen molar-refractivity contribution < 1.29 is 15.0 Å². The molecule has 1 rings (SSSR count). The Labute approximate surface area is 103 Å². The quantitative estimate of drug-likeness (QED) is 0.686. The van der Waals surface area contributed by atoms with E-state index >= 15 is 0 Å². The fourth-order valence-corrected chi connectivity index (χ4v) is 2.48. The lowest BCUT2D eigenvalue weighted by atomic mass is 9.77. The minimum atomic E-state index is -0.790. The van der Waals surface area contributed by atoms with E-state index in [4.69, 9.17) is 5.11 Å². The number of aliphatic hydroxyl groups is 1. The number of carbonyl (C=O) groups is 1. The van der Waals surface area contributed by atoms with Gasteiger partial charge in [-0.1, -0.05) is 13.8 Å². The molecule has 2 unspecified atom stereocenters. The first-order valence-electron chi connectivity index (χ1n) is 6.51. The highest BCUT2D eigenvalue weighted by Gasteiger charge is 2.36. The zero-order valence-corrected chi connectivity index (χ0v) is 11.1. The summed E-state index contributed by atoms with van der Waals surface area (Å²) < 4.78 is 0. The molecule has 1 aliphatic carbocycles. The lowest BCUT2D eigenvalue weighted by Gasteiger charge is -2.41. The van der Waals surface area contributed by atoms with Crippen LogP contribution in [0.25, 0.3) is 0 Å². The van der Waals surface area contributed by atoms with E-state index in [1.54, 1.807) is 6.92 Å². The van der Waals surface area contributed by atoms with E-state index in [2.05, 4.69) is 12.2 Å². The van der Waals surface area contributed by atoms with Gasteiger partial charge in [-0.3, -0.25) is 4.79 Å². The molecular weight excluding hydrogens is 218 g/mol. The van der Waals surface area contributed by atoms with Gasteiger partial charge in [0, 0.05) is 11.6 Å². The minimum absolute atomic E-state index is 0.0936. The van der Waals surface area contributed by atoms with Gasteiger partial charge in [0.15, 0.2) is 0 Å². The van der Waals surface area contributed by atoms with E-state index in [0.717, 1.165) is 25.7 Å². The number of hydrogen-bond donors (Lipinski definition) is 3. The molecule has 1 saturated carbocycles. The molecule has 0 heterocycles. The lowest BCUT2D eigenvalue weighted by Crippen LogP contribution is -2.56. The largest absolute Gasteiger partial charge is 0.481 e. The molecule has 100 valence electrons. The van der Waals surface area contributed by atoms with Gasteiger partial charge in [-0.25, -0.2) is 0 Å². The highest BCUT2D eigenvalue weighted by atomic mass is 16.4. The molecule has 0 amide bonds. The summed E-state index contributed by atoms with van der Waals surface area (Å²) in [6, 6.07) is -0.118. The summed E-state index contributed by atoms with van der Waals surface area (Å²) in [4.78, 5) is 10.9. The van der Waals surface area contributed by atoms with Gasteiger partial charge in [-0.15, -0.1) is 0 Å². The van der Waals surface area contributed by atoms with Gasteiger partial charge in [0.1, 0.15) is 0 Å². The number of carboxylic acid groups (broad SMARTS) is 1. The summed E-state index contributed by atoms with van der Waals surface area (Å²) in [5, 5.41) is 21.9. The Morgan fingerprint density at radius 1 is 1.41 bits per heavy atom. The molecule has 3 N–H and O–H groups in total. The molecule has 0 aromatic rings. The topological polar surface area (TPSA) is 69.6 Å². The molecule has 0 spiro atoms. The number of rotatable bonds is 5. The molecule has 0 saturated heterocycles. The zero-order chi connectivity index (χ0) is 13.1. The SMILES string of the molecule is CC1CCC(CO)(NC(C)C(C)C(=O)O)CC1. The third-order valence-electron chi connectivity index (χ3n) is 4.21. The van der Waals surface area contributed by atoms with Crippen molar-refractivity contribution in [2.45, 2.75) is 58.0 Å². The van der Waals surface area contributed by atoms with Crippen LogP contribution in [-0.4, -0.2) is 34.4 Å². The fourth-order valence-electron chi connectivity index (χ4n) is 2.48. The van der Waals surface area contributed by atoms with Crippen LogP contribution >= 0.6 is 0 Å². The Hall–Kier alpha value is -0.610. The monoisotopic (exact) mass is 243 g/mol. The molecule has 4 nitrogen and oxygen atoms in total. The summed E-state index contributed by atoms with van der Waals surface area (Å²) in [6.07, 6.45) is 4.06. The van der Waals surface area contributed by atoms with Gasteiger partial charge in [0.25, 0.3) is 0 Å². The first-order chi connectivity index (χ1) is 7.90. The smallest absolute Gasteiger partial charge is 0.307 e. The standard InChI is InChI=1S/C13H25NO3/c1-9-4-6-13(8-15,7-5-9)14-11(3)10(2)12(16)17/h9-11,14-15H,4-8H2,1-3H3,(H,16,17). The van der Waals surface area contributed by atoms with Crippen LogP contribution < -0.4 is 5.32 Å². The van der Waals surface area contributed by atoms with Gasteiger partial charge in [0.05, 0.1) is 12.5 Å². The first-order valence-corrected chi connectivity index (χ1v) is 6.51. The molecule has 0 bridgehead atoms. The van der Waals surface area contributed by atoms with Crippen molar-refractivity contribution in [1.82, 2.24) is 5.32 Å². The fraction of sp³-hybridized carbons (Fsp3) is 0.923. The van der Waals surface area contributed by atoms with Crippen LogP contribution in [0.5, 0.6) is 0 Å². The minimum Gasteiger partial charge on any atom is -0.481 e. The van der Waals surface area contributed by atoms with E-state index in [1.807, 2.05) is 6.92 Å². The molecule has 2 atom stereocenters. The highest BCUT2D eigenvalue weighted by molar-refractivity contribution is 5.70. The van der Waals surface area contributed by atoms with E-state index in [-0.39, 0.29) is 18.2 Å². The van der Waals surface area contributed by atoms with Crippen LogP contribution in [0.4, 0.5) is 0 Å². The first kappa shape index (κ1) is 14.5. The Balaban J connectivity index is 2.60. The maximum atomic E-state index is 10.9. The number of aliphatic hydroxyl groups excluding tert-OH is 1. The number of carboxylic acids is 1. The molecule has 0 aromatic heterocycles. The second-order valence-corrected chi connectivity index (χ2v) is 5.68. The third-order valence-corrected chi connectivity index (χ3v) is 4.21. The Bertz CT molecular complexity index is 259.